The van der Waals surface area contributed by atoms with Gasteiger partial charge in [-0.25, -0.2) is 4.98 Å². The Balaban J connectivity index is 1.97. The third-order valence-corrected chi connectivity index (χ3v) is 2.79. The molecule has 5 nitrogen and oxygen atoms in total. The molecule has 0 aliphatic rings. The Morgan fingerprint density at radius 2 is 2.39 bits per heavy atom. The van der Waals surface area contributed by atoms with Crippen LogP contribution in [0.15, 0.2) is 29.0 Å². The van der Waals surface area contributed by atoms with Gasteiger partial charge in [0.15, 0.2) is 12.0 Å². The van der Waals surface area contributed by atoms with Crippen LogP contribution >= 0.6 is 0 Å². The molecule has 1 aromatic carbocycles. The minimum Gasteiger partial charge on any atom is -0.443 e. The largest absolute Gasteiger partial charge is 0.443 e. The lowest BCUT2D eigenvalue weighted by Gasteiger charge is -2.15. The first-order valence-electron chi connectivity index (χ1n) is 5.64. The molecule has 1 aromatic heterocycles. The van der Waals surface area contributed by atoms with Gasteiger partial charge in [-0.1, -0.05) is 6.07 Å². The zero-order valence-corrected chi connectivity index (χ0v) is 10.1. The van der Waals surface area contributed by atoms with E-state index in [2.05, 4.69) is 4.98 Å². The molecule has 0 bridgehead atoms. The molecule has 2 rings (SSSR count). The number of oxazole rings is 1. The zero-order valence-electron chi connectivity index (χ0n) is 10.1. The van der Waals surface area contributed by atoms with Crippen LogP contribution in [-0.4, -0.2) is 29.4 Å². The highest BCUT2D eigenvalue weighted by Crippen LogP contribution is 2.14. The first kappa shape index (κ1) is 12.1. The van der Waals surface area contributed by atoms with E-state index < -0.39 is 0 Å². The van der Waals surface area contributed by atoms with Crippen molar-refractivity contribution in [2.75, 3.05) is 13.6 Å². The fraction of sp³-hybridized carbons (Fsp3) is 0.308. The van der Waals surface area contributed by atoms with Gasteiger partial charge in [0.2, 0.25) is 5.91 Å². The molecular weight excluding hydrogens is 230 g/mol. The van der Waals surface area contributed by atoms with Crippen LogP contribution in [0.1, 0.15) is 12.0 Å². The lowest BCUT2D eigenvalue weighted by molar-refractivity contribution is -0.128. The first-order chi connectivity index (χ1) is 8.70. The molecule has 0 atom stereocenters. The Labute approximate surface area is 105 Å². The van der Waals surface area contributed by atoms with Crippen LogP contribution in [0, 0.1) is 11.3 Å². The monoisotopic (exact) mass is 243 g/mol. The molecule has 5 heteroatoms. The maximum atomic E-state index is 11.4. The number of carbonyl (C=O) groups excluding carboxylic acids is 1. The molecule has 92 valence electrons. The van der Waals surface area contributed by atoms with E-state index in [0.717, 1.165) is 23.1 Å². The first-order valence-corrected chi connectivity index (χ1v) is 5.64. The second kappa shape index (κ2) is 5.32. The van der Waals surface area contributed by atoms with Gasteiger partial charge in [-0.3, -0.25) is 4.79 Å². The summed E-state index contributed by atoms with van der Waals surface area (Å²) in [6.07, 6.45) is 2.07. The van der Waals surface area contributed by atoms with Gasteiger partial charge in [0.1, 0.15) is 11.9 Å². The van der Waals surface area contributed by atoms with E-state index in [0.29, 0.717) is 6.54 Å². The number of fused-ring (bicyclic) bond motifs is 1. The Hall–Kier alpha value is -2.35. The van der Waals surface area contributed by atoms with Gasteiger partial charge in [0, 0.05) is 13.6 Å². The Bertz CT molecular complexity index is 598. The Morgan fingerprint density at radius 1 is 1.56 bits per heavy atom. The second-order valence-electron chi connectivity index (χ2n) is 4.05. The van der Waals surface area contributed by atoms with Gasteiger partial charge in [-0.15, -0.1) is 0 Å². The van der Waals surface area contributed by atoms with Crippen molar-refractivity contribution >= 4 is 17.0 Å². The zero-order chi connectivity index (χ0) is 13.0. The lowest BCUT2D eigenvalue weighted by atomic mass is 10.1. The number of amides is 1. The van der Waals surface area contributed by atoms with Gasteiger partial charge in [-0.2, -0.15) is 5.26 Å². The normalized spacial score (nSPS) is 10.2. The molecule has 0 spiro atoms. The number of aromatic nitrogens is 1. The lowest BCUT2D eigenvalue weighted by Crippen LogP contribution is -2.28. The number of carbonyl (C=O) groups is 1. The number of rotatable bonds is 4. The molecule has 0 fully saturated rings. The summed E-state index contributed by atoms with van der Waals surface area (Å²) in [5.74, 6) is -0.154. The molecule has 18 heavy (non-hydrogen) atoms. The quantitative estimate of drug-likeness (QED) is 0.820. The SMILES string of the molecule is CN(CCc1ccc2ncoc2c1)C(=O)CC#N. The molecule has 0 aliphatic carbocycles. The fourth-order valence-corrected chi connectivity index (χ4v) is 1.68. The fourth-order valence-electron chi connectivity index (χ4n) is 1.68. The van der Waals surface area contributed by atoms with Crippen LogP contribution in [0.4, 0.5) is 0 Å². The van der Waals surface area contributed by atoms with E-state index in [-0.39, 0.29) is 12.3 Å². The predicted molar refractivity (Wildman–Crippen MR) is 65.6 cm³/mol. The van der Waals surface area contributed by atoms with Gasteiger partial charge < -0.3 is 9.32 Å². The van der Waals surface area contributed by atoms with E-state index in [1.807, 2.05) is 24.3 Å². The summed E-state index contributed by atoms with van der Waals surface area (Å²) in [7, 11) is 1.70. The highest BCUT2D eigenvalue weighted by atomic mass is 16.3. The molecule has 0 N–H and O–H groups in total. The van der Waals surface area contributed by atoms with Crippen molar-refractivity contribution in [1.82, 2.24) is 9.88 Å². The van der Waals surface area contributed by atoms with Crippen LogP contribution in [-0.2, 0) is 11.2 Å². The highest BCUT2D eigenvalue weighted by molar-refractivity contribution is 5.78. The van der Waals surface area contributed by atoms with Crippen molar-refractivity contribution in [1.29, 1.82) is 5.26 Å². The summed E-state index contributed by atoms with van der Waals surface area (Å²) < 4.78 is 5.22. The maximum absolute atomic E-state index is 11.4. The topological polar surface area (TPSA) is 70.1 Å². The number of nitrogens with zero attached hydrogens (tertiary/aromatic N) is 3. The van der Waals surface area contributed by atoms with Crippen LogP contribution in [0.3, 0.4) is 0 Å². The Kier molecular flexibility index (Phi) is 3.58. The Morgan fingerprint density at radius 3 is 3.17 bits per heavy atom. The van der Waals surface area contributed by atoms with E-state index in [1.54, 1.807) is 11.9 Å². The van der Waals surface area contributed by atoms with E-state index in [9.17, 15) is 4.79 Å². The summed E-state index contributed by atoms with van der Waals surface area (Å²) in [6, 6.07) is 7.63. The molecular formula is C13H13N3O2. The van der Waals surface area contributed by atoms with Crippen molar-refractivity contribution in [3.05, 3.63) is 30.2 Å². The number of hydrogen-bond acceptors (Lipinski definition) is 4. The molecule has 0 saturated heterocycles. The van der Waals surface area contributed by atoms with Gasteiger partial charge in [0.25, 0.3) is 0 Å². The number of nitriles is 1. The third kappa shape index (κ3) is 2.66. The van der Waals surface area contributed by atoms with E-state index in [1.165, 1.54) is 6.39 Å². The van der Waals surface area contributed by atoms with Crippen LogP contribution in [0.2, 0.25) is 0 Å². The summed E-state index contributed by atoms with van der Waals surface area (Å²) in [5, 5.41) is 8.45. The average molecular weight is 243 g/mol. The predicted octanol–water partition coefficient (Wildman–Crippen LogP) is 1.74. The summed E-state index contributed by atoms with van der Waals surface area (Å²) in [5.41, 5.74) is 2.65. The van der Waals surface area contributed by atoms with Crippen molar-refractivity contribution in [3.63, 3.8) is 0 Å². The number of hydrogen-bond donors (Lipinski definition) is 0. The van der Waals surface area contributed by atoms with Crippen molar-refractivity contribution < 1.29 is 9.21 Å². The third-order valence-electron chi connectivity index (χ3n) is 2.79. The van der Waals surface area contributed by atoms with Crippen molar-refractivity contribution in [2.45, 2.75) is 12.8 Å². The number of benzene rings is 1. The molecule has 0 saturated carbocycles. The average Bonchev–Trinajstić information content (AvgIpc) is 2.83. The van der Waals surface area contributed by atoms with Gasteiger partial charge in [-0.05, 0) is 24.1 Å². The smallest absolute Gasteiger partial charge is 0.236 e. The number of likely N-dealkylation sites (N-methyl/N-ethyl adjacent to an activating group) is 1. The highest BCUT2D eigenvalue weighted by Gasteiger charge is 2.08. The van der Waals surface area contributed by atoms with Crippen LogP contribution < -0.4 is 0 Å². The van der Waals surface area contributed by atoms with Crippen LogP contribution in [0.5, 0.6) is 0 Å². The van der Waals surface area contributed by atoms with Crippen molar-refractivity contribution in [3.8, 4) is 6.07 Å². The minimum atomic E-state index is -0.154. The molecule has 2 aromatic rings. The second-order valence-corrected chi connectivity index (χ2v) is 4.05. The molecule has 0 aliphatic heterocycles. The standard InChI is InChI=1S/C13H13N3O2/c1-16(13(17)4-6-14)7-5-10-2-3-11-12(8-10)18-9-15-11/h2-3,8-9H,4-5,7H2,1H3. The van der Waals surface area contributed by atoms with Crippen molar-refractivity contribution in [2.24, 2.45) is 0 Å². The van der Waals surface area contributed by atoms with Crippen LogP contribution in [0.25, 0.3) is 11.1 Å². The summed E-state index contributed by atoms with van der Waals surface area (Å²) in [6.45, 7) is 0.583. The molecule has 0 unspecified atom stereocenters. The van der Waals surface area contributed by atoms with Gasteiger partial charge in [0.05, 0.1) is 6.07 Å². The molecule has 0 radical (unpaired) electrons. The van der Waals surface area contributed by atoms with Gasteiger partial charge >= 0.3 is 0 Å². The minimum absolute atomic E-state index is 0.0718. The van der Waals surface area contributed by atoms with E-state index >= 15 is 0 Å². The van der Waals surface area contributed by atoms with E-state index in [4.69, 9.17) is 9.68 Å². The maximum Gasteiger partial charge on any atom is 0.236 e. The molecule has 1 amide bonds. The summed E-state index contributed by atoms with van der Waals surface area (Å²) >= 11 is 0. The summed E-state index contributed by atoms with van der Waals surface area (Å²) in [4.78, 5) is 17.0. The molecule has 1 heterocycles.